The molecule has 0 bridgehead atoms. The van der Waals surface area contributed by atoms with Gasteiger partial charge in [0, 0.05) is 0 Å². The first kappa shape index (κ1) is 20.2. The van der Waals surface area contributed by atoms with Gasteiger partial charge in [-0.3, -0.25) is 4.72 Å². The number of nitrogens with one attached hydrogen (secondary N) is 1. The second-order valence-electron chi connectivity index (χ2n) is 8.23. The molecule has 0 spiro atoms. The molecule has 4 heteroatoms. The summed E-state index contributed by atoms with van der Waals surface area (Å²) in [5.74, 6) is 0. The average molecular weight is 394 g/mol. The molecule has 0 saturated carbocycles. The van der Waals surface area contributed by atoms with Crippen LogP contribution in [0, 0.1) is 13.8 Å². The lowest BCUT2D eigenvalue weighted by Crippen LogP contribution is -2.13. The summed E-state index contributed by atoms with van der Waals surface area (Å²) in [4.78, 5) is 0.256. The summed E-state index contributed by atoms with van der Waals surface area (Å²) >= 11 is 0. The summed E-state index contributed by atoms with van der Waals surface area (Å²) in [5, 5.41) is 0. The number of anilines is 1. The Balaban J connectivity index is 1.90. The van der Waals surface area contributed by atoms with E-state index >= 15 is 0 Å². The van der Waals surface area contributed by atoms with Crippen molar-refractivity contribution in [1.82, 2.24) is 0 Å². The Labute approximate surface area is 168 Å². The van der Waals surface area contributed by atoms with Gasteiger partial charge in [0.2, 0.25) is 0 Å². The molecule has 0 amide bonds. The van der Waals surface area contributed by atoms with E-state index in [2.05, 4.69) is 50.6 Å². The van der Waals surface area contributed by atoms with E-state index in [0.29, 0.717) is 5.69 Å². The zero-order chi connectivity index (χ0) is 20.5. The van der Waals surface area contributed by atoms with Gasteiger partial charge in [-0.25, -0.2) is 8.42 Å². The van der Waals surface area contributed by atoms with Gasteiger partial charge in [-0.2, -0.15) is 0 Å². The average Bonchev–Trinajstić information content (AvgIpc) is 2.63. The lowest BCUT2D eigenvalue weighted by atomic mass is 9.83. The van der Waals surface area contributed by atoms with Gasteiger partial charge < -0.3 is 0 Å². The van der Waals surface area contributed by atoms with E-state index in [9.17, 15) is 8.42 Å². The van der Waals surface area contributed by atoms with Crippen LogP contribution in [0.5, 0.6) is 0 Å². The van der Waals surface area contributed by atoms with Gasteiger partial charge in [-0.15, -0.1) is 0 Å². The fourth-order valence-corrected chi connectivity index (χ4v) is 4.60. The quantitative estimate of drug-likeness (QED) is 0.585. The SMILES string of the molecule is Cc1cc(-c2ccc(C(C)(C)C)c(C)c2)ccc1NS(=O)(=O)c1ccccc1. The van der Waals surface area contributed by atoms with E-state index in [4.69, 9.17) is 0 Å². The Bertz CT molecular complexity index is 1100. The van der Waals surface area contributed by atoms with Gasteiger partial charge in [0.25, 0.3) is 10.0 Å². The molecule has 0 aliphatic rings. The maximum absolute atomic E-state index is 12.6. The van der Waals surface area contributed by atoms with Gasteiger partial charge in [-0.1, -0.05) is 63.2 Å². The Morgan fingerprint density at radius 3 is 1.86 bits per heavy atom. The van der Waals surface area contributed by atoms with Gasteiger partial charge in [0.1, 0.15) is 0 Å². The van der Waals surface area contributed by atoms with E-state index in [1.807, 2.05) is 25.1 Å². The molecule has 0 aromatic heterocycles. The van der Waals surface area contributed by atoms with Crippen molar-refractivity contribution in [3.63, 3.8) is 0 Å². The Kier molecular flexibility index (Phi) is 5.35. The molecule has 0 saturated heterocycles. The molecule has 0 atom stereocenters. The van der Waals surface area contributed by atoms with Crippen LogP contribution in [0.2, 0.25) is 0 Å². The summed E-state index contributed by atoms with van der Waals surface area (Å²) in [6.07, 6.45) is 0. The monoisotopic (exact) mass is 393 g/mol. The molecular formula is C24H27NO2S. The molecule has 3 nitrogen and oxygen atoms in total. The minimum Gasteiger partial charge on any atom is -0.279 e. The molecule has 0 radical (unpaired) electrons. The molecule has 3 aromatic carbocycles. The lowest BCUT2D eigenvalue weighted by molar-refractivity contribution is 0.586. The molecule has 0 aliphatic heterocycles. The van der Waals surface area contributed by atoms with Crippen LogP contribution in [0.1, 0.15) is 37.5 Å². The summed E-state index contributed by atoms with van der Waals surface area (Å²) < 4.78 is 27.8. The zero-order valence-corrected chi connectivity index (χ0v) is 17.9. The standard InChI is InChI=1S/C24H27NO2S/c1-17-15-19(11-13-22(17)24(3,4)5)20-12-14-23(18(2)16-20)25-28(26,27)21-9-7-6-8-10-21/h6-16,25H,1-5H3. The van der Waals surface area contributed by atoms with Gasteiger partial charge >= 0.3 is 0 Å². The highest BCUT2D eigenvalue weighted by atomic mass is 32.2. The van der Waals surface area contributed by atoms with Crippen LogP contribution in [0.15, 0.2) is 71.6 Å². The third kappa shape index (κ3) is 4.28. The third-order valence-corrected chi connectivity index (χ3v) is 6.27. The maximum atomic E-state index is 12.6. The lowest BCUT2D eigenvalue weighted by Gasteiger charge is -2.22. The topological polar surface area (TPSA) is 46.2 Å². The summed E-state index contributed by atoms with van der Waals surface area (Å²) in [6, 6.07) is 20.7. The van der Waals surface area contributed by atoms with Crippen molar-refractivity contribution in [2.45, 2.75) is 44.9 Å². The van der Waals surface area contributed by atoms with Crippen LogP contribution < -0.4 is 4.72 Å². The number of sulfonamides is 1. The summed E-state index contributed by atoms with van der Waals surface area (Å²) in [6.45, 7) is 10.7. The van der Waals surface area contributed by atoms with Gasteiger partial charge in [-0.05, 0) is 71.3 Å². The highest BCUT2D eigenvalue weighted by Crippen LogP contribution is 2.31. The molecule has 3 aromatic rings. The number of rotatable bonds is 4. The number of benzene rings is 3. The largest absolute Gasteiger partial charge is 0.279 e. The number of hydrogen-bond donors (Lipinski definition) is 1. The van der Waals surface area contributed by atoms with Crippen molar-refractivity contribution in [2.75, 3.05) is 4.72 Å². The second kappa shape index (κ2) is 7.44. The molecule has 1 N–H and O–H groups in total. The fraction of sp³-hybridized carbons (Fsp3) is 0.250. The predicted molar refractivity (Wildman–Crippen MR) is 117 cm³/mol. The molecule has 146 valence electrons. The molecule has 0 fully saturated rings. The highest BCUT2D eigenvalue weighted by Gasteiger charge is 2.17. The van der Waals surface area contributed by atoms with E-state index in [0.717, 1.165) is 16.7 Å². The van der Waals surface area contributed by atoms with Crippen LogP contribution in [-0.2, 0) is 15.4 Å². The van der Waals surface area contributed by atoms with E-state index in [-0.39, 0.29) is 10.3 Å². The molecule has 0 unspecified atom stereocenters. The van der Waals surface area contributed by atoms with Crippen LogP contribution in [-0.4, -0.2) is 8.42 Å². The number of aryl methyl sites for hydroxylation is 2. The van der Waals surface area contributed by atoms with Crippen molar-refractivity contribution < 1.29 is 8.42 Å². The minimum absolute atomic E-state index is 0.109. The van der Waals surface area contributed by atoms with Crippen LogP contribution >= 0.6 is 0 Å². The predicted octanol–water partition coefficient (Wildman–Crippen LogP) is 6.07. The molecule has 0 heterocycles. The van der Waals surface area contributed by atoms with E-state index in [1.54, 1.807) is 30.3 Å². The zero-order valence-electron chi connectivity index (χ0n) is 17.1. The molecule has 0 aliphatic carbocycles. The second-order valence-corrected chi connectivity index (χ2v) is 9.91. The van der Waals surface area contributed by atoms with Crippen LogP contribution in [0.4, 0.5) is 5.69 Å². The first-order valence-electron chi connectivity index (χ1n) is 9.38. The Morgan fingerprint density at radius 2 is 1.32 bits per heavy atom. The van der Waals surface area contributed by atoms with Crippen molar-refractivity contribution in [1.29, 1.82) is 0 Å². The van der Waals surface area contributed by atoms with Gasteiger partial charge in [0.05, 0.1) is 10.6 Å². The summed E-state index contributed by atoms with van der Waals surface area (Å²) in [7, 11) is -3.59. The minimum atomic E-state index is -3.59. The maximum Gasteiger partial charge on any atom is 0.261 e. The Hall–Kier alpha value is -2.59. The molecular weight excluding hydrogens is 366 g/mol. The van der Waals surface area contributed by atoms with Crippen molar-refractivity contribution in [2.24, 2.45) is 0 Å². The van der Waals surface area contributed by atoms with Crippen molar-refractivity contribution in [3.05, 3.63) is 83.4 Å². The summed E-state index contributed by atoms with van der Waals surface area (Å²) in [5.41, 5.74) is 6.38. The van der Waals surface area contributed by atoms with E-state index in [1.165, 1.54) is 11.1 Å². The van der Waals surface area contributed by atoms with Crippen molar-refractivity contribution in [3.8, 4) is 11.1 Å². The van der Waals surface area contributed by atoms with Crippen LogP contribution in [0.3, 0.4) is 0 Å². The smallest absolute Gasteiger partial charge is 0.261 e. The molecule has 28 heavy (non-hydrogen) atoms. The normalized spacial score (nSPS) is 12.0. The molecule has 3 rings (SSSR count). The third-order valence-electron chi connectivity index (χ3n) is 4.89. The first-order chi connectivity index (χ1) is 13.1. The van der Waals surface area contributed by atoms with Gasteiger partial charge in [0.15, 0.2) is 0 Å². The number of hydrogen-bond acceptors (Lipinski definition) is 2. The highest BCUT2D eigenvalue weighted by molar-refractivity contribution is 7.92. The van der Waals surface area contributed by atoms with Crippen LogP contribution in [0.25, 0.3) is 11.1 Å². The van der Waals surface area contributed by atoms with Crippen molar-refractivity contribution >= 4 is 15.7 Å². The first-order valence-corrected chi connectivity index (χ1v) is 10.9. The fourth-order valence-electron chi connectivity index (χ4n) is 3.45. The van der Waals surface area contributed by atoms with E-state index < -0.39 is 10.0 Å². The Morgan fingerprint density at radius 1 is 0.750 bits per heavy atom.